The molecule has 4 N–H and O–H groups in total. The number of hydrogen-bond acceptors (Lipinski definition) is 5. The predicted molar refractivity (Wildman–Crippen MR) is 83.2 cm³/mol. The van der Waals surface area contributed by atoms with Crippen molar-refractivity contribution < 1.29 is 15.0 Å². The molecule has 1 saturated heterocycles. The highest BCUT2D eigenvalue weighted by Crippen LogP contribution is 2.33. The number of carboxylic acid groups (broad SMARTS) is 1. The number of nitrogens with zero attached hydrogens (tertiary/aromatic N) is 2. The van der Waals surface area contributed by atoms with Gasteiger partial charge in [0.15, 0.2) is 0 Å². The highest BCUT2D eigenvalue weighted by atomic mass is 35.5. The summed E-state index contributed by atoms with van der Waals surface area (Å²) in [5.41, 5.74) is 6.70. The zero-order chi connectivity index (χ0) is 15.4. The van der Waals surface area contributed by atoms with Crippen LogP contribution in [0.2, 0.25) is 5.02 Å². The molecule has 6 nitrogen and oxygen atoms in total. The van der Waals surface area contributed by atoms with Crippen LogP contribution >= 0.6 is 11.6 Å². The minimum Gasteiger partial charge on any atom is -0.478 e. The number of nitrogens with two attached hydrogens (primary N) is 1. The Bertz CT molecular complexity index is 524. The minimum absolute atomic E-state index is 0.128. The van der Waals surface area contributed by atoms with Crippen molar-refractivity contribution in [3.05, 3.63) is 22.7 Å². The molecule has 0 spiro atoms. The maximum Gasteiger partial charge on any atom is 0.337 e. The van der Waals surface area contributed by atoms with E-state index < -0.39 is 5.97 Å². The number of β-amino-alcohol motifs (C(OH)–C–C–N with tert-alkyl or cyclic N) is 1. The van der Waals surface area contributed by atoms with Crippen LogP contribution in [0.5, 0.6) is 0 Å². The van der Waals surface area contributed by atoms with Gasteiger partial charge in [0, 0.05) is 31.9 Å². The van der Waals surface area contributed by atoms with Gasteiger partial charge in [-0.15, -0.1) is 0 Å². The number of hydrogen-bond donors (Lipinski definition) is 3. The van der Waals surface area contributed by atoms with Crippen molar-refractivity contribution in [3.8, 4) is 0 Å². The summed E-state index contributed by atoms with van der Waals surface area (Å²) >= 11 is 6.22. The van der Waals surface area contributed by atoms with Crippen LogP contribution in [0.3, 0.4) is 0 Å². The van der Waals surface area contributed by atoms with Gasteiger partial charge in [0.1, 0.15) is 0 Å². The molecule has 21 heavy (non-hydrogen) atoms. The number of benzene rings is 1. The fraction of sp³-hybridized carbons (Fsp3) is 0.500. The van der Waals surface area contributed by atoms with E-state index in [0.29, 0.717) is 29.5 Å². The maximum atomic E-state index is 11.4. The van der Waals surface area contributed by atoms with Gasteiger partial charge in [-0.25, -0.2) is 4.79 Å². The minimum atomic E-state index is -1.03. The van der Waals surface area contributed by atoms with Crippen LogP contribution in [0.4, 0.5) is 11.4 Å². The van der Waals surface area contributed by atoms with Gasteiger partial charge in [0.25, 0.3) is 0 Å². The maximum absolute atomic E-state index is 11.4. The second kappa shape index (κ2) is 6.98. The van der Waals surface area contributed by atoms with E-state index in [0.717, 1.165) is 26.1 Å². The third kappa shape index (κ3) is 3.78. The first-order valence-electron chi connectivity index (χ1n) is 6.93. The first-order chi connectivity index (χ1) is 10.0. The van der Waals surface area contributed by atoms with E-state index in [4.69, 9.17) is 22.4 Å². The predicted octanol–water partition coefficient (Wildman–Crippen LogP) is 1.12. The highest BCUT2D eigenvalue weighted by molar-refractivity contribution is 6.34. The van der Waals surface area contributed by atoms with Gasteiger partial charge in [-0.2, -0.15) is 0 Å². The lowest BCUT2D eigenvalue weighted by Crippen LogP contribution is -2.33. The fourth-order valence-corrected chi connectivity index (χ4v) is 3.01. The largest absolute Gasteiger partial charge is 0.478 e. The molecule has 0 saturated carbocycles. The van der Waals surface area contributed by atoms with Crippen molar-refractivity contribution in [2.45, 2.75) is 6.42 Å². The highest BCUT2D eigenvalue weighted by Gasteiger charge is 2.22. The average Bonchev–Trinajstić information content (AvgIpc) is 2.64. The van der Waals surface area contributed by atoms with Crippen LogP contribution in [0.1, 0.15) is 16.8 Å². The Morgan fingerprint density at radius 1 is 1.29 bits per heavy atom. The number of aliphatic hydroxyl groups excluding tert-OH is 1. The number of aromatic carboxylic acids is 1. The normalized spacial score (nSPS) is 16.8. The van der Waals surface area contributed by atoms with Gasteiger partial charge in [-0.3, -0.25) is 4.90 Å². The molecule has 1 heterocycles. The number of carbonyl (C=O) groups is 1. The van der Waals surface area contributed by atoms with Gasteiger partial charge in [-0.1, -0.05) is 11.6 Å². The fourth-order valence-electron chi connectivity index (χ4n) is 2.66. The van der Waals surface area contributed by atoms with Crippen LogP contribution in [-0.4, -0.2) is 60.4 Å². The second-order valence-electron chi connectivity index (χ2n) is 5.11. The summed E-state index contributed by atoms with van der Waals surface area (Å²) in [4.78, 5) is 15.6. The number of carboxylic acids is 1. The molecule has 1 aliphatic rings. The van der Waals surface area contributed by atoms with Crippen LogP contribution in [-0.2, 0) is 0 Å². The van der Waals surface area contributed by atoms with E-state index >= 15 is 0 Å². The lowest BCUT2D eigenvalue weighted by atomic mass is 10.1. The summed E-state index contributed by atoms with van der Waals surface area (Å²) in [5.74, 6) is -1.03. The molecule has 1 aromatic rings. The molecule has 7 heteroatoms. The molecular weight excluding hydrogens is 294 g/mol. The molecule has 1 fully saturated rings. The molecule has 0 unspecified atom stereocenters. The molecule has 0 bridgehead atoms. The number of halogens is 1. The Kier molecular flexibility index (Phi) is 5.27. The van der Waals surface area contributed by atoms with E-state index in [9.17, 15) is 9.90 Å². The zero-order valence-electron chi connectivity index (χ0n) is 11.8. The number of anilines is 2. The summed E-state index contributed by atoms with van der Waals surface area (Å²) in [7, 11) is 0. The first kappa shape index (κ1) is 15.9. The number of nitrogen functional groups attached to an aromatic ring is 1. The Morgan fingerprint density at radius 2 is 2.05 bits per heavy atom. The Labute approximate surface area is 128 Å². The lowest BCUT2D eigenvalue weighted by molar-refractivity contribution is 0.0697. The van der Waals surface area contributed by atoms with Gasteiger partial charge >= 0.3 is 5.97 Å². The lowest BCUT2D eigenvalue weighted by Gasteiger charge is -2.26. The van der Waals surface area contributed by atoms with Crippen molar-refractivity contribution in [2.24, 2.45) is 0 Å². The molecule has 2 rings (SSSR count). The number of rotatable bonds is 4. The van der Waals surface area contributed by atoms with Crippen molar-refractivity contribution in [3.63, 3.8) is 0 Å². The molecule has 1 aliphatic heterocycles. The molecular formula is C14H20ClN3O3. The summed E-state index contributed by atoms with van der Waals surface area (Å²) in [6.45, 7) is 3.81. The summed E-state index contributed by atoms with van der Waals surface area (Å²) < 4.78 is 0. The van der Waals surface area contributed by atoms with Gasteiger partial charge < -0.3 is 20.8 Å². The van der Waals surface area contributed by atoms with Crippen molar-refractivity contribution in [1.29, 1.82) is 0 Å². The third-order valence-electron chi connectivity index (χ3n) is 3.64. The van der Waals surface area contributed by atoms with E-state index in [2.05, 4.69) is 4.90 Å². The van der Waals surface area contributed by atoms with Crippen molar-refractivity contribution in [2.75, 3.05) is 50.0 Å². The Hall–Kier alpha value is -1.50. The Morgan fingerprint density at radius 3 is 2.71 bits per heavy atom. The van der Waals surface area contributed by atoms with Crippen molar-refractivity contribution in [1.82, 2.24) is 4.90 Å². The van der Waals surface area contributed by atoms with Gasteiger partial charge in [-0.05, 0) is 25.1 Å². The van der Waals surface area contributed by atoms with Crippen LogP contribution in [0.15, 0.2) is 12.1 Å². The summed E-state index contributed by atoms with van der Waals surface area (Å²) in [6.07, 6.45) is 0.889. The molecule has 1 aromatic carbocycles. The van der Waals surface area contributed by atoms with Crippen molar-refractivity contribution >= 4 is 28.9 Å². The summed E-state index contributed by atoms with van der Waals surface area (Å²) in [5, 5.41) is 18.7. The smallest absolute Gasteiger partial charge is 0.337 e. The second-order valence-corrected chi connectivity index (χ2v) is 5.52. The topological polar surface area (TPSA) is 90.0 Å². The quantitative estimate of drug-likeness (QED) is 0.722. The van der Waals surface area contributed by atoms with Crippen LogP contribution in [0, 0.1) is 0 Å². The van der Waals surface area contributed by atoms with Crippen LogP contribution in [0.25, 0.3) is 0 Å². The SMILES string of the molecule is Nc1cc(Cl)c(N2CCCN(CCO)CC2)c(C(=O)O)c1. The van der Waals surface area contributed by atoms with E-state index in [1.54, 1.807) is 6.07 Å². The molecule has 0 amide bonds. The molecule has 0 atom stereocenters. The third-order valence-corrected chi connectivity index (χ3v) is 3.93. The van der Waals surface area contributed by atoms with E-state index in [1.807, 2.05) is 4.90 Å². The van der Waals surface area contributed by atoms with Gasteiger partial charge in [0.2, 0.25) is 0 Å². The average molecular weight is 314 g/mol. The molecule has 116 valence electrons. The standard InChI is InChI=1S/C14H20ClN3O3/c15-12-9-10(16)8-11(14(20)21)13(12)18-3-1-2-17(4-5-18)6-7-19/h8-9,19H,1-7,16H2,(H,20,21). The number of aliphatic hydroxyl groups is 1. The molecule has 0 aromatic heterocycles. The Balaban J connectivity index is 2.27. The first-order valence-corrected chi connectivity index (χ1v) is 7.31. The van der Waals surface area contributed by atoms with E-state index in [-0.39, 0.29) is 12.2 Å². The van der Waals surface area contributed by atoms with Crippen LogP contribution < -0.4 is 10.6 Å². The molecule has 0 radical (unpaired) electrons. The van der Waals surface area contributed by atoms with Gasteiger partial charge in [0.05, 0.1) is 22.9 Å². The zero-order valence-corrected chi connectivity index (χ0v) is 12.5. The van der Waals surface area contributed by atoms with E-state index in [1.165, 1.54) is 6.07 Å². The monoisotopic (exact) mass is 313 g/mol. The summed E-state index contributed by atoms with van der Waals surface area (Å²) in [6, 6.07) is 3.03. The molecule has 0 aliphatic carbocycles.